The molecule has 0 heterocycles. The lowest BCUT2D eigenvalue weighted by molar-refractivity contribution is -0.174. The Morgan fingerprint density at radius 1 is 1.29 bits per heavy atom. The maximum absolute atomic E-state index is 11.7. The van der Waals surface area contributed by atoms with Gasteiger partial charge in [0, 0.05) is 6.61 Å². The fourth-order valence-electron chi connectivity index (χ4n) is 1.23. The Kier molecular flexibility index (Phi) is 6.92. The Morgan fingerprint density at radius 3 is 2.36 bits per heavy atom. The number of alkyl halides is 3. The van der Waals surface area contributed by atoms with Crippen LogP contribution in [0.2, 0.25) is 0 Å². The van der Waals surface area contributed by atoms with Crippen molar-refractivity contribution < 1.29 is 17.9 Å². The Bertz CT molecular complexity index is 139. The maximum Gasteiger partial charge on any atom is 0.411 e. The Hall–Kier alpha value is -0.290. The van der Waals surface area contributed by atoms with Crippen molar-refractivity contribution in [2.24, 2.45) is 11.7 Å². The van der Waals surface area contributed by atoms with Gasteiger partial charge in [-0.3, -0.25) is 0 Å². The van der Waals surface area contributed by atoms with E-state index in [1.54, 1.807) is 0 Å². The van der Waals surface area contributed by atoms with Crippen LogP contribution in [0.4, 0.5) is 13.2 Å². The first kappa shape index (κ1) is 13.7. The number of halogens is 3. The van der Waals surface area contributed by atoms with Gasteiger partial charge in [-0.05, 0) is 25.3 Å². The van der Waals surface area contributed by atoms with Crippen molar-refractivity contribution in [1.29, 1.82) is 0 Å². The predicted octanol–water partition coefficient (Wildman–Crippen LogP) is 2.33. The minimum atomic E-state index is -4.22. The second-order valence-electron chi connectivity index (χ2n) is 3.35. The molecule has 2 N–H and O–H groups in total. The number of nitrogens with two attached hydrogens (primary N) is 1. The van der Waals surface area contributed by atoms with Gasteiger partial charge in [0.1, 0.15) is 6.61 Å². The fourth-order valence-corrected chi connectivity index (χ4v) is 1.23. The molecule has 0 bridgehead atoms. The molecule has 0 radical (unpaired) electrons. The van der Waals surface area contributed by atoms with Crippen molar-refractivity contribution in [3.8, 4) is 0 Å². The molecule has 0 saturated heterocycles. The normalized spacial score (nSPS) is 14.4. The quantitative estimate of drug-likeness (QED) is 0.659. The van der Waals surface area contributed by atoms with E-state index < -0.39 is 12.8 Å². The molecule has 2 nitrogen and oxygen atoms in total. The van der Waals surface area contributed by atoms with E-state index >= 15 is 0 Å². The lowest BCUT2D eigenvalue weighted by Crippen LogP contribution is -2.20. The highest BCUT2D eigenvalue weighted by atomic mass is 19.4. The molecule has 0 aliphatic heterocycles. The van der Waals surface area contributed by atoms with Crippen LogP contribution >= 0.6 is 0 Å². The maximum atomic E-state index is 11.7. The van der Waals surface area contributed by atoms with Gasteiger partial charge in [-0.25, -0.2) is 0 Å². The summed E-state index contributed by atoms with van der Waals surface area (Å²) < 4.78 is 39.5. The zero-order chi connectivity index (χ0) is 11.0. The third kappa shape index (κ3) is 8.31. The minimum Gasteiger partial charge on any atom is -0.372 e. The van der Waals surface area contributed by atoms with Crippen LogP contribution in [0.25, 0.3) is 0 Å². The van der Waals surface area contributed by atoms with Gasteiger partial charge < -0.3 is 10.5 Å². The molecule has 0 aromatic heterocycles. The molecule has 0 rings (SSSR count). The molecule has 0 fully saturated rings. The summed E-state index contributed by atoms with van der Waals surface area (Å²) >= 11 is 0. The van der Waals surface area contributed by atoms with Gasteiger partial charge in [0.2, 0.25) is 0 Å². The molecule has 14 heavy (non-hydrogen) atoms. The third-order valence-electron chi connectivity index (χ3n) is 1.97. The van der Waals surface area contributed by atoms with Crippen LogP contribution in [0.5, 0.6) is 0 Å². The zero-order valence-corrected chi connectivity index (χ0v) is 8.44. The molecule has 1 unspecified atom stereocenters. The average molecular weight is 213 g/mol. The third-order valence-corrected chi connectivity index (χ3v) is 1.97. The van der Waals surface area contributed by atoms with Crippen molar-refractivity contribution in [2.75, 3.05) is 19.8 Å². The first-order chi connectivity index (χ1) is 6.49. The van der Waals surface area contributed by atoms with Crippen molar-refractivity contribution in [3.63, 3.8) is 0 Å². The summed E-state index contributed by atoms with van der Waals surface area (Å²) in [5.74, 6) is 0.285. The van der Waals surface area contributed by atoms with Gasteiger partial charge in [-0.2, -0.15) is 13.2 Å². The molecule has 5 heteroatoms. The van der Waals surface area contributed by atoms with E-state index in [1.807, 2.05) is 6.92 Å². The molecule has 0 aliphatic rings. The molecule has 0 amide bonds. The molecule has 1 atom stereocenters. The summed E-state index contributed by atoms with van der Waals surface area (Å²) in [4.78, 5) is 0. The van der Waals surface area contributed by atoms with Gasteiger partial charge in [0.15, 0.2) is 0 Å². The predicted molar refractivity (Wildman–Crippen MR) is 48.9 cm³/mol. The summed E-state index contributed by atoms with van der Waals surface area (Å²) in [6, 6.07) is 0. The first-order valence-electron chi connectivity index (χ1n) is 4.84. The van der Waals surface area contributed by atoms with Crippen molar-refractivity contribution in [1.82, 2.24) is 0 Å². The van der Waals surface area contributed by atoms with Crippen LogP contribution in [-0.2, 0) is 4.74 Å². The molecule has 0 aromatic carbocycles. The van der Waals surface area contributed by atoms with E-state index in [2.05, 4.69) is 4.74 Å². The van der Waals surface area contributed by atoms with E-state index in [9.17, 15) is 13.2 Å². The molecular weight excluding hydrogens is 195 g/mol. The first-order valence-corrected chi connectivity index (χ1v) is 4.84. The number of rotatable bonds is 7. The summed E-state index contributed by atoms with van der Waals surface area (Å²) in [6.45, 7) is 1.53. The SMILES string of the molecule is CCCC(CN)CCOCC(F)(F)F. The molecule has 86 valence electrons. The van der Waals surface area contributed by atoms with Gasteiger partial charge in [-0.1, -0.05) is 13.3 Å². The van der Waals surface area contributed by atoms with E-state index in [1.165, 1.54) is 0 Å². The average Bonchev–Trinajstić information content (AvgIpc) is 2.08. The second kappa shape index (κ2) is 7.06. The molecule has 0 aromatic rings. The summed E-state index contributed by atoms with van der Waals surface area (Å²) in [7, 11) is 0. The lowest BCUT2D eigenvalue weighted by Gasteiger charge is -2.14. The van der Waals surface area contributed by atoms with E-state index in [4.69, 9.17) is 5.73 Å². The standard InChI is InChI=1S/C9H18F3NO/c1-2-3-8(6-13)4-5-14-7-9(10,11)12/h8H,2-7,13H2,1H3. The Balaban J connectivity index is 3.42. The fraction of sp³-hybridized carbons (Fsp3) is 1.00. The Labute approximate surface area is 82.6 Å². The van der Waals surface area contributed by atoms with E-state index in [-0.39, 0.29) is 12.5 Å². The smallest absolute Gasteiger partial charge is 0.372 e. The highest BCUT2D eigenvalue weighted by Crippen LogP contribution is 2.15. The molecule has 0 aliphatic carbocycles. The monoisotopic (exact) mass is 213 g/mol. The van der Waals surface area contributed by atoms with Gasteiger partial charge in [0.25, 0.3) is 0 Å². The van der Waals surface area contributed by atoms with Crippen LogP contribution in [0, 0.1) is 5.92 Å². The lowest BCUT2D eigenvalue weighted by atomic mass is 10.0. The minimum absolute atomic E-state index is 0.140. The van der Waals surface area contributed by atoms with Crippen LogP contribution in [-0.4, -0.2) is 25.9 Å². The highest BCUT2D eigenvalue weighted by Gasteiger charge is 2.27. The topological polar surface area (TPSA) is 35.2 Å². The summed E-state index contributed by atoms with van der Waals surface area (Å²) in [5, 5.41) is 0. The van der Waals surface area contributed by atoms with Crippen LogP contribution in [0.3, 0.4) is 0 Å². The van der Waals surface area contributed by atoms with E-state index in [0.29, 0.717) is 13.0 Å². The van der Waals surface area contributed by atoms with E-state index in [0.717, 1.165) is 12.8 Å². The van der Waals surface area contributed by atoms with Crippen LogP contribution in [0.15, 0.2) is 0 Å². The molecule has 0 saturated carbocycles. The number of ether oxygens (including phenoxy) is 1. The molecular formula is C9H18F3NO. The van der Waals surface area contributed by atoms with Crippen LogP contribution < -0.4 is 5.73 Å². The summed E-state index contributed by atoms with van der Waals surface area (Å²) in [6.07, 6.45) is -1.66. The van der Waals surface area contributed by atoms with Gasteiger partial charge >= 0.3 is 6.18 Å². The number of hydrogen-bond acceptors (Lipinski definition) is 2. The number of hydrogen-bond donors (Lipinski definition) is 1. The summed E-state index contributed by atoms with van der Waals surface area (Å²) in [5.41, 5.74) is 5.45. The van der Waals surface area contributed by atoms with Crippen molar-refractivity contribution in [3.05, 3.63) is 0 Å². The highest BCUT2D eigenvalue weighted by molar-refractivity contribution is 4.59. The largest absolute Gasteiger partial charge is 0.411 e. The second-order valence-corrected chi connectivity index (χ2v) is 3.35. The Morgan fingerprint density at radius 2 is 1.93 bits per heavy atom. The molecule has 0 spiro atoms. The van der Waals surface area contributed by atoms with Gasteiger partial charge in [-0.15, -0.1) is 0 Å². The van der Waals surface area contributed by atoms with Gasteiger partial charge in [0.05, 0.1) is 0 Å². The van der Waals surface area contributed by atoms with Crippen LogP contribution in [0.1, 0.15) is 26.2 Å². The zero-order valence-electron chi connectivity index (χ0n) is 8.44. The van der Waals surface area contributed by atoms with Crippen molar-refractivity contribution >= 4 is 0 Å². The van der Waals surface area contributed by atoms with Crippen molar-refractivity contribution in [2.45, 2.75) is 32.4 Å².